The summed E-state index contributed by atoms with van der Waals surface area (Å²) in [7, 11) is 0. The van der Waals surface area contributed by atoms with E-state index in [4.69, 9.17) is 0 Å². The van der Waals surface area contributed by atoms with Gasteiger partial charge in [-0.1, -0.05) is 20.8 Å². The molecule has 0 aromatic carbocycles. The Kier molecular flexibility index (Phi) is 4.30. The number of aryl methyl sites for hydroxylation is 1. The van der Waals surface area contributed by atoms with Crippen LogP contribution in [0.25, 0.3) is 0 Å². The van der Waals surface area contributed by atoms with E-state index < -0.39 is 0 Å². The number of aromatic nitrogens is 4. The molecule has 5 nitrogen and oxygen atoms in total. The van der Waals surface area contributed by atoms with Crippen LogP contribution in [0, 0.1) is 5.92 Å². The van der Waals surface area contributed by atoms with Crippen LogP contribution >= 0.6 is 11.5 Å². The summed E-state index contributed by atoms with van der Waals surface area (Å²) in [6.45, 7) is 7.42. The Labute approximate surface area is 111 Å². The molecule has 0 unspecified atom stereocenters. The second kappa shape index (κ2) is 5.95. The van der Waals surface area contributed by atoms with E-state index in [2.05, 4.69) is 40.5 Å². The molecular weight excluding hydrogens is 246 g/mol. The standard InChI is InChI=1S/C12H19N5S/c1-4-5-17-8-10(7-13-17)14-12-15-11(16-18-12)6-9(2)3/h7-9H,4-6H2,1-3H3,(H,14,15,16). The van der Waals surface area contributed by atoms with Crippen molar-refractivity contribution in [2.75, 3.05) is 5.32 Å². The van der Waals surface area contributed by atoms with Crippen LogP contribution in [0.4, 0.5) is 10.8 Å². The lowest BCUT2D eigenvalue weighted by atomic mass is 10.1. The molecule has 0 bridgehead atoms. The number of anilines is 2. The fourth-order valence-electron chi connectivity index (χ4n) is 1.66. The van der Waals surface area contributed by atoms with Gasteiger partial charge >= 0.3 is 0 Å². The van der Waals surface area contributed by atoms with Crippen LogP contribution in [0.5, 0.6) is 0 Å². The monoisotopic (exact) mass is 265 g/mol. The Hall–Kier alpha value is -1.43. The Morgan fingerprint density at radius 2 is 2.28 bits per heavy atom. The van der Waals surface area contributed by atoms with Gasteiger partial charge in [0.2, 0.25) is 5.13 Å². The summed E-state index contributed by atoms with van der Waals surface area (Å²) < 4.78 is 6.27. The van der Waals surface area contributed by atoms with Gasteiger partial charge in [0.05, 0.1) is 11.9 Å². The molecule has 2 aromatic heterocycles. The van der Waals surface area contributed by atoms with Gasteiger partial charge in [-0.25, -0.2) is 4.98 Å². The van der Waals surface area contributed by atoms with E-state index in [1.54, 1.807) is 0 Å². The third-order valence-corrected chi connectivity index (χ3v) is 3.06. The highest BCUT2D eigenvalue weighted by Gasteiger charge is 2.07. The first-order valence-electron chi connectivity index (χ1n) is 6.29. The molecule has 98 valence electrons. The van der Waals surface area contributed by atoms with Gasteiger partial charge in [-0.05, 0) is 12.3 Å². The molecule has 0 atom stereocenters. The molecular formula is C12H19N5S. The summed E-state index contributed by atoms with van der Waals surface area (Å²) in [6, 6.07) is 0. The van der Waals surface area contributed by atoms with Crippen LogP contribution in [0.3, 0.4) is 0 Å². The second-order valence-electron chi connectivity index (χ2n) is 4.73. The Balaban J connectivity index is 1.97. The maximum Gasteiger partial charge on any atom is 0.207 e. The van der Waals surface area contributed by atoms with Gasteiger partial charge in [0.15, 0.2) is 0 Å². The molecule has 2 heterocycles. The average molecular weight is 265 g/mol. The van der Waals surface area contributed by atoms with Crippen molar-refractivity contribution in [1.82, 2.24) is 19.1 Å². The molecule has 0 aliphatic carbocycles. The smallest absolute Gasteiger partial charge is 0.207 e. The molecule has 1 N–H and O–H groups in total. The van der Waals surface area contributed by atoms with E-state index in [9.17, 15) is 0 Å². The van der Waals surface area contributed by atoms with Gasteiger partial charge in [-0.15, -0.1) is 0 Å². The molecule has 0 amide bonds. The summed E-state index contributed by atoms with van der Waals surface area (Å²) in [5.41, 5.74) is 0.968. The first-order valence-corrected chi connectivity index (χ1v) is 7.06. The van der Waals surface area contributed by atoms with E-state index in [1.165, 1.54) is 11.5 Å². The molecule has 2 aromatic rings. The van der Waals surface area contributed by atoms with E-state index in [0.717, 1.165) is 36.0 Å². The van der Waals surface area contributed by atoms with E-state index in [1.807, 2.05) is 17.1 Å². The highest BCUT2D eigenvalue weighted by Crippen LogP contribution is 2.19. The summed E-state index contributed by atoms with van der Waals surface area (Å²) in [5, 5.41) is 8.34. The molecule has 18 heavy (non-hydrogen) atoms. The first-order chi connectivity index (χ1) is 8.67. The molecule has 0 aliphatic heterocycles. The summed E-state index contributed by atoms with van der Waals surface area (Å²) in [4.78, 5) is 4.46. The third kappa shape index (κ3) is 3.53. The van der Waals surface area contributed by atoms with Crippen LogP contribution in [0.1, 0.15) is 33.0 Å². The second-order valence-corrected chi connectivity index (χ2v) is 5.48. The van der Waals surface area contributed by atoms with Crippen LogP contribution in [-0.4, -0.2) is 19.1 Å². The van der Waals surface area contributed by atoms with Gasteiger partial charge in [0.1, 0.15) is 5.82 Å². The molecule has 6 heteroatoms. The Bertz CT molecular complexity index is 488. The number of nitrogens with zero attached hydrogens (tertiary/aromatic N) is 4. The lowest BCUT2D eigenvalue weighted by Gasteiger charge is -1.98. The number of hydrogen-bond acceptors (Lipinski definition) is 5. The van der Waals surface area contributed by atoms with Crippen molar-refractivity contribution < 1.29 is 0 Å². The van der Waals surface area contributed by atoms with E-state index in [-0.39, 0.29) is 0 Å². The Morgan fingerprint density at radius 3 is 3.00 bits per heavy atom. The van der Waals surface area contributed by atoms with Crippen LogP contribution in [0.2, 0.25) is 0 Å². The minimum Gasteiger partial charge on any atom is -0.328 e. The van der Waals surface area contributed by atoms with Gasteiger partial charge in [-0.2, -0.15) is 9.47 Å². The minimum absolute atomic E-state index is 0.583. The van der Waals surface area contributed by atoms with Gasteiger partial charge in [0.25, 0.3) is 0 Å². The van der Waals surface area contributed by atoms with Gasteiger partial charge < -0.3 is 5.32 Å². The van der Waals surface area contributed by atoms with Crippen molar-refractivity contribution in [1.29, 1.82) is 0 Å². The molecule has 0 saturated heterocycles. The van der Waals surface area contributed by atoms with E-state index >= 15 is 0 Å². The fraction of sp³-hybridized carbons (Fsp3) is 0.583. The highest BCUT2D eigenvalue weighted by atomic mass is 32.1. The molecule has 0 radical (unpaired) electrons. The SMILES string of the molecule is CCCn1cc(Nc2nc(CC(C)C)ns2)cn1. The van der Waals surface area contributed by atoms with Crippen molar-refractivity contribution in [3.8, 4) is 0 Å². The van der Waals surface area contributed by atoms with Crippen LogP contribution in [-0.2, 0) is 13.0 Å². The normalized spacial score (nSPS) is 11.1. The predicted molar refractivity (Wildman–Crippen MR) is 74.3 cm³/mol. The van der Waals surface area contributed by atoms with Crippen molar-refractivity contribution in [2.24, 2.45) is 5.92 Å². The summed E-state index contributed by atoms with van der Waals surface area (Å²) in [6.07, 6.45) is 5.82. The van der Waals surface area contributed by atoms with Crippen molar-refractivity contribution in [3.05, 3.63) is 18.2 Å². The average Bonchev–Trinajstić information content (AvgIpc) is 2.89. The van der Waals surface area contributed by atoms with Crippen molar-refractivity contribution >= 4 is 22.4 Å². The molecule has 2 rings (SSSR count). The van der Waals surface area contributed by atoms with E-state index in [0.29, 0.717) is 5.92 Å². The zero-order chi connectivity index (χ0) is 13.0. The topological polar surface area (TPSA) is 55.6 Å². The first kappa shape index (κ1) is 13.0. The molecule has 0 fully saturated rings. The number of rotatable bonds is 6. The maximum absolute atomic E-state index is 4.46. The number of nitrogens with one attached hydrogen (secondary N) is 1. The van der Waals surface area contributed by atoms with Crippen molar-refractivity contribution in [3.63, 3.8) is 0 Å². The molecule has 0 saturated carbocycles. The lowest BCUT2D eigenvalue weighted by Crippen LogP contribution is -1.97. The summed E-state index contributed by atoms with van der Waals surface area (Å²) in [5.74, 6) is 1.50. The zero-order valence-electron chi connectivity index (χ0n) is 11.1. The highest BCUT2D eigenvalue weighted by molar-refractivity contribution is 7.09. The quantitative estimate of drug-likeness (QED) is 0.872. The number of hydrogen-bond donors (Lipinski definition) is 1. The zero-order valence-corrected chi connectivity index (χ0v) is 11.9. The third-order valence-electron chi connectivity index (χ3n) is 2.40. The molecule has 0 aliphatic rings. The van der Waals surface area contributed by atoms with Crippen LogP contribution < -0.4 is 5.32 Å². The van der Waals surface area contributed by atoms with Crippen LogP contribution in [0.15, 0.2) is 12.4 Å². The Morgan fingerprint density at radius 1 is 1.44 bits per heavy atom. The maximum atomic E-state index is 4.46. The predicted octanol–water partition coefficient (Wildman–Crippen LogP) is 3.09. The largest absolute Gasteiger partial charge is 0.328 e. The van der Waals surface area contributed by atoms with Crippen molar-refractivity contribution in [2.45, 2.75) is 40.2 Å². The fourth-order valence-corrected chi connectivity index (χ4v) is 2.27. The van der Waals surface area contributed by atoms with Gasteiger partial charge in [-0.3, -0.25) is 4.68 Å². The van der Waals surface area contributed by atoms with Gasteiger partial charge in [0, 0.05) is 30.7 Å². The molecule has 0 spiro atoms. The minimum atomic E-state index is 0.583. The lowest BCUT2D eigenvalue weighted by molar-refractivity contribution is 0.603. The summed E-state index contributed by atoms with van der Waals surface area (Å²) >= 11 is 1.40.